The third-order valence-corrected chi connectivity index (χ3v) is 2.35. The molecule has 0 heterocycles. The van der Waals surface area contributed by atoms with E-state index in [0.717, 1.165) is 19.1 Å². The number of halogens is 4. The zero-order chi connectivity index (χ0) is 14.5. The minimum absolute atomic E-state index is 0.0791. The summed E-state index contributed by atoms with van der Waals surface area (Å²) in [7, 11) is 0. The van der Waals surface area contributed by atoms with E-state index in [-0.39, 0.29) is 18.7 Å². The van der Waals surface area contributed by atoms with E-state index in [1.807, 2.05) is 0 Å². The molecule has 0 aliphatic heterocycles. The predicted molar refractivity (Wildman–Crippen MR) is 62.6 cm³/mol. The Balaban J connectivity index is 2.83. The topological polar surface area (TPSA) is 35.2 Å². The molecule has 19 heavy (non-hydrogen) atoms. The quantitative estimate of drug-likeness (QED) is 0.680. The number of hydrogen-bond acceptors (Lipinski definition) is 2. The van der Waals surface area contributed by atoms with Crippen LogP contribution in [0.15, 0.2) is 18.2 Å². The van der Waals surface area contributed by atoms with Gasteiger partial charge in [0, 0.05) is 5.56 Å². The molecule has 1 rings (SSSR count). The summed E-state index contributed by atoms with van der Waals surface area (Å²) in [6.45, 7) is 0.695. The highest BCUT2D eigenvalue weighted by Crippen LogP contribution is 2.23. The van der Waals surface area contributed by atoms with E-state index in [1.165, 1.54) is 6.07 Å². The standard InChI is InChI=1S/C13H13F4NO/c1-9(13(15,16)17)19-8-11-4-5-12(14)7-10(11)3-2-6-18/h4-5,7,9H,6,8,18H2,1H3. The van der Waals surface area contributed by atoms with Crippen LogP contribution in [0.25, 0.3) is 0 Å². The highest BCUT2D eigenvalue weighted by Gasteiger charge is 2.36. The van der Waals surface area contributed by atoms with Crippen LogP contribution < -0.4 is 5.73 Å². The summed E-state index contributed by atoms with van der Waals surface area (Å²) in [5.41, 5.74) is 5.86. The van der Waals surface area contributed by atoms with Gasteiger partial charge in [-0.25, -0.2) is 4.39 Å². The fourth-order valence-corrected chi connectivity index (χ4v) is 1.25. The summed E-state index contributed by atoms with van der Waals surface area (Å²) in [6, 6.07) is 3.63. The van der Waals surface area contributed by atoms with Crippen LogP contribution in [0.5, 0.6) is 0 Å². The third-order valence-electron chi connectivity index (χ3n) is 2.35. The zero-order valence-corrected chi connectivity index (χ0v) is 10.2. The highest BCUT2D eigenvalue weighted by atomic mass is 19.4. The van der Waals surface area contributed by atoms with Crippen molar-refractivity contribution < 1.29 is 22.3 Å². The Hall–Kier alpha value is -1.58. The van der Waals surface area contributed by atoms with Gasteiger partial charge in [-0.05, 0) is 24.6 Å². The normalized spacial score (nSPS) is 12.7. The first-order chi connectivity index (χ1) is 8.84. The number of benzene rings is 1. The van der Waals surface area contributed by atoms with Crippen molar-refractivity contribution in [2.75, 3.05) is 6.54 Å². The Morgan fingerprint density at radius 2 is 2.05 bits per heavy atom. The van der Waals surface area contributed by atoms with Crippen LogP contribution in [-0.2, 0) is 11.3 Å². The van der Waals surface area contributed by atoms with Gasteiger partial charge in [0.1, 0.15) is 5.82 Å². The van der Waals surface area contributed by atoms with Crippen LogP contribution in [-0.4, -0.2) is 18.8 Å². The van der Waals surface area contributed by atoms with Crippen molar-refractivity contribution in [3.8, 4) is 11.8 Å². The zero-order valence-electron chi connectivity index (χ0n) is 10.2. The first-order valence-corrected chi connectivity index (χ1v) is 5.50. The Labute approximate surface area is 108 Å². The van der Waals surface area contributed by atoms with Crippen molar-refractivity contribution in [2.45, 2.75) is 25.8 Å². The van der Waals surface area contributed by atoms with Crippen LogP contribution in [0.2, 0.25) is 0 Å². The minimum Gasteiger partial charge on any atom is -0.364 e. The minimum atomic E-state index is -4.43. The molecule has 0 fully saturated rings. The van der Waals surface area contributed by atoms with Crippen LogP contribution in [0.3, 0.4) is 0 Å². The molecule has 104 valence electrons. The molecule has 2 N–H and O–H groups in total. The van der Waals surface area contributed by atoms with Gasteiger partial charge in [0.25, 0.3) is 0 Å². The third kappa shape index (κ3) is 4.89. The molecule has 1 unspecified atom stereocenters. The predicted octanol–water partition coefficient (Wildman–Crippen LogP) is 2.60. The Morgan fingerprint density at radius 1 is 1.37 bits per heavy atom. The molecular formula is C13H13F4NO. The maximum absolute atomic E-state index is 13.0. The molecule has 0 aliphatic rings. The second kappa shape index (κ2) is 6.55. The molecule has 0 saturated carbocycles. The van der Waals surface area contributed by atoms with Crippen LogP contribution >= 0.6 is 0 Å². The van der Waals surface area contributed by atoms with Gasteiger partial charge < -0.3 is 10.5 Å². The second-order valence-electron chi connectivity index (χ2n) is 3.80. The number of rotatable bonds is 3. The van der Waals surface area contributed by atoms with Gasteiger partial charge in [0.15, 0.2) is 6.10 Å². The van der Waals surface area contributed by atoms with Crippen LogP contribution in [0.4, 0.5) is 17.6 Å². The van der Waals surface area contributed by atoms with Crippen LogP contribution in [0.1, 0.15) is 18.1 Å². The summed E-state index contributed by atoms with van der Waals surface area (Å²) in [6.07, 6.45) is -6.32. The van der Waals surface area contributed by atoms with Crippen molar-refractivity contribution in [3.05, 3.63) is 35.1 Å². The molecule has 1 atom stereocenters. The highest BCUT2D eigenvalue weighted by molar-refractivity contribution is 5.41. The van der Waals surface area contributed by atoms with Crippen molar-refractivity contribution in [1.29, 1.82) is 0 Å². The van der Waals surface area contributed by atoms with Crippen molar-refractivity contribution in [1.82, 2.24) is 0 Å². The second-order valence-corrected chi connectivity index (χ2v) is 3.80. The molecular weight excluding hydrogens is 262 g/mol. The Bertz CT molecular complexity index is 488. The molecule has 0 spiro atoms. The van der Waals surface area contributed by atoms with Gasteiger partial charge in [-0.2, -0.15) is 13.2 Å². The van der Waals surface area contributed by atoms with Gasteiger partial charge >= 0.3 is 6.18 Å². The maximum atomic E-state index is 13.0. The monoisotopic (exact) mass is 275 g/mol. The summed E-state index contributed by atoms with van der Waals surface area (Å²) in [5.74, 6) is 4.60. The SMILES string of the molecule is CC(OCc1ccc(F)cc1C#CCN)C(F)(F)F. The first kappa shape index (κ1) is 15.5. The lowest BCUT2D eigenvalue weighted by Crippen LogP contribution is -2.28. The van der Waals surface area contributed by atoms with Crippen molar-refractivity contribution >= 4 is 0 Å². The summed E-state index contributed by atoms with van der Waals surface area (Å²) >= 11 is 0. The molecule has 0 amide bonds. The average molecular weight is 275 g/mol. The lowest BCUT2D eigenvalue weighted by molar-refractivity contribution is -0.217. The molecule has 1 aromatic rings. The van der Waals surface area contributed by atoms with Gasteiger partial charge in [-0.15, -0.1) is 0 Å². The largest absolute Gasteiger partial charge is 0.414 e. The van der Waals surface area contributed by atoms with Crippen molar-refractivity contribution in [3.63, 3.8) is 0 Å². The molecule has 0 saturated heterocycles. The molecule has 2 nitrogen and oxygen atoms in total. The van der Waals surface area contributed by atoms with Gasteiger partial charge in [-0.1, -0.05) is 17.9 Å². The van der Waals surface area contributed by atoms with E-state index < -0.39 is 18.1 Å². The molecule has 0 radical (unpaired) electrons. The van der Waals surface area contributed by atoms with Gasteiger partial charge in [0.05, 0.1) is 13.2 Å². The summed E-state index contributed by atoms with van der Waals surface area (Å²) < 4.78 is 54.6. The van der Waals surface area contributed by atoms with Gasteiger partial charge in [0.2, 0.25) is 0 Å². The average Bonchev–Trinajstić information content (AvgIpc) is 2.33. The fraction of sp³-hybridized carbons (Fsp3) is 0.385. The number of hydrogen-bond donors (Lipinski definition) is 1. The van der Waals surface area contributed by atoms with E-state index in [9.17, 15) is 17.6 Å². The first-order valence-electron chi connectivity index (χ1n) is 5.50. The number of alkyl halides is 3. The van der Waals surface area contributed by atoms with E-state index in [2.05, 4.69) is 11.8 Å². The van der Waals surface area contributed by atoms with E-state index in [0.29, 0.717) is 5.56 Å². The van der Waals surface area contributed by atoms with E-state index in [4.69, 9.17) is 10.5 Å². The fourth-order valence-electron chi connectivity index (χ4n) is 1.25. The Morgan fingerprint density at radius 3 is 2.63 bits per heavy atom. The van der Waals surface area contributed by atoms with E-state index in [1.54, 1.807) is 0 Å². The lowest BCUT2D eigenvalue weighted by atomic mass is 10.1. The summed E-state index contributed by atoms with van der Waals surface area (Å²) in [4.78, 5) is 0. The Kier molecular flexibility index (Phi) is 5.33. The molecule has 0 aliphatic carbocycles. The van der Waals surface area contributed by atoms with E-state index >= 15 is 0 Å². The molecule has 1 aromatic carbocycles. The lowest BCUT2D eigenvalue weighted by Gasteiger charge is -2.16. The number of nitrogens with two attached hydrogens (primary N) is 1. The summed E-state index contributed by atoms with van der Waals surface area (Å²) in [5, 5.41) is 0. The molecule has 0 bridgehead atoms. The number of ether oxygens (including phenoxy) is 1. The molecule has 0 aromatic heterocycles. The maximum Gasteiger partial charge on any atom is 0.414 e. The molecule has 6 heteroatoms. The smallest absolute Gasteiger partial charge is 0.364 e. The van der Waals surface area contributed by atoms with Crippen molar-refractivity contribution in [2.24, 2.45) is 5.73 Å². The van der Waals surface area contributed by atoms with Gasteiger partial charge in [-0.3, -0.25) is 0 Å². The van der Waals surface area contributed by atoms with Crippen LogP contribution in [0, 0.1) is 17.7 Å².